The van der Waals surface area contributed by atoms with E-state index in [2.05, 4.69) is 5.32 Å². The molecule has 1 heterocycles. The number of thioether (sulfide) groups is 1. The average molecular weight is 240 g/mol. The summed E-state index contributed by atoms with van der Waals surface area (Å²) < 4.78 is 5.22. The maximum Gasteiger partial charge on any atom is 0.203 e. The third-order valence-electron chi connectivity index (χ3n) is 2.23. The van der Waals surface area contributed by atoms with E-state index in [0.717, 1.165) is 17.9 Å². The normalized spacial score (nSPS) is 12.3. The molecule has 1 unspecified atom stereocenters. The van der Waals surface area contributed by atoms with Gasteiger partial charge < -0.3 is 14.8 Å². The molecule has 0 aliphatic carbocycles. The van der Waals surface area contributed by atoms with E-state index in [1.165, 1.54) is 0 Å². The molecule has 0 bridgehead atoms. The quantitative estimate of drug-likeness (QED) is 0.753. The van der Waals surface area contributed by atoms with Crippen LogP contribution in [0.1, 0.15) is 17.9 Å². The van der Waals surface area contributed by atoms with E-state index >= 15 is 0 Å². The van der Waals surface area contributed by atoms with Crippen molar-refractivity contribution in [3.63, 3.8) is 0 Å². The number of aliphatic hydroxyl groups excluding tert-OH is 1. The average Bonchev–Trinajstić information content (AvgIpc) is 2.77. The molecular formula is C11H16N2O2S. The molecule has 1 atom stereocenters. The van der Waals surface area contributed by atoms with Gasteiger partial charge in [0.25, 0.3) is 0 Å². The lowest BCUT2D eigenvalue weighted by Gasteiger charge is -2.14. The Labute approximate surface area is 99.6 Å². The number of hydrogen-bond donors (Lipinski definition) is 2. The lowest BCUT2D eigenvalue weighted by Crippen LogP contribution is -2.32. The van der Waals surface area contributed by atoms with E-state index in [9.17, 15) is 0 Å². The van der Waals surface area contributed by atoms with Crippen LogP contribution in [0.2, 0.25) is 0 Å². The predicted molar refractivity (Wildman–Crippen MR) is 64.1 cm³/mol. The summed E-state index contributed by atoms with van der Waals surface area (Å²) in [4.78, 5) is 0. The summed E-state index contributed by atoms with van der Waals surface area (Å²) >= 11 is 1.76. The molecule has 1 aromatic rings. The molecule has 0 radical (unpaired) electrons. The van der Waals surface area contributed by atoms with E-state index < -0.39 is 0 Å². The smallest absolute Gasteiger partial charge is 0.203 e. The van der Waals surface area contributed by atoms with Crippen LogP contribution in [-0.2, 0) is 6.54 Å². The fourth-order valence-electron chi connectivity index (χ4n) is 1.30. The first-order chi connectivity index (χ1) is 7.80. The molecule has 4 nitrogen and oxygen atoms in total. The van der Waals surface area contributed by atoms with E-state index in [1.54, 1.807) is 23.9 Å². The molecule has 2 N–H and O–H groups in total. The van der Waals surface area contributed by atoms with Crippen molar-refractivity contribution in [2.45, 2.75) is 19.0 Å². The molecule has 0 aliphatic rings. The standard InChI is InChI=1S/C11H16N2O2S/c1-16-5-4-9(8-14)13-7-11-3-2-10(6-12)15-11/h2-3,9,13-14H,4-5,7-8H2,1H3. The zero-order valence-corrected chi connectivity index (χ0v) is 10.1. The number of nitrogens with one attached hydrogen (secondary N) is 1. The lowest BCUT2D eigenvalue weighted by molar-refractivity contribution is 0.236. The maximum atomic E-state index is 9.13. The number of rotatable bonds is 7. The van der Waals surface area contributed by atoms with Gasteiger partial charge in [-0.1, -0.05) is 0 Å². The zero-order chi connectivity index (χ0) is 11.8. The van der Waals surface area contributed by atoms with Gasteiger partial charge in [-0.3, -0.25) is 0 Å². The molecule has 0 saturated carbocycles. The first-order valence-electron chi connectivity index (χ1n) is 5.12. The molecule has 5 heteroatoms. The first kappa shape index (κ1) is 13.1. The van der Waals surface area contributed by atoms with Gasteiger partial charge in [0.1, 0.15) is 11.8 Å². The van der Waals surface area contributed by atoms with Gasteiger partial charge in [-0.05, 0) is 30.6 Å². The van der Waals surface area contributed by atoms with Crippen LogP contribution in [-0.4, -0.2) is 29.8 Å². The van der Waals surface area contributed by atoms with E-state index in [1.807, 2.05) is 12.3 Å². The fraction of sp³-hybridized carbons (Fsp3) is 0.545. The summed E-state index contributed by atoms with van der Waals surface area (Å²) in [5, 5.41) is 20.9. The van der Waals surface area contributed by atoms with E-state index in [-0.39, 0.29) is 12.6 Å². The highest BCUT2D eigenvalue weighted by atomic mass is 32.2. The number of nitriles is 1. The van der Waals surface area contributed by atoms with Crippen molar-refractivity contribution in [3.8, 4) is 6.07 Å². The van der Waals surface area contributed by atoms with Gasteiger partial charge in [-0.2, -0.15) is 17.0 Å². The molecule has 0 aliphatic heterocycles. The van der Waals surface area contributed by atoms with Crippen molar-refractivity contribution >= 4 is 11.8 Å². The summed E-state index contributed by atoms with van der Waals surface area (Å²) in [5.41, 5.74) is 0. The summed E-state index contributed by atoms with van der Waals surface area (Å²) in [6, 6.07) is 5.44. The Morgan fingerprint density at radius 3 is 3.00 bits per heavy atom. The van der Waals surface area contributed by atoms with Gasteiger partial charge >= 0.3 is 0 Å². The van der Waals surface area contributed by atoms with Gasteiger partial charge in [0.2, 0.25) is 5.76 Å². The second-order valence-electron chi connectivity index (χ2n) is 3.42. The van der Waals surface area contributed by atoms with Gasteiger partial charge in [0.05, 0.1) is 13.2 Å². The van der Waals surface area contributed by atoms with Gasteiger partial charge in [0, 0.05) is 6.04 Å². The van der Waals surface area contributed by atoms with Crippen molar-refractivity contribution < 1.29 is 9.52 Å². The van der Waals surface area contributed by atoms with Crippen molar-refractivity contribution in [2.24, 2.45) is 0 Å². The van der Waals surface area contributed by atoms with E-state index in [4.69, 9.17) is 14.8 Å². The molecular weight excluding hydrogens is 224 g/mol. The second-order valence-corrected chi connectivity index (χ2v) is 4.41. The summed E-state index contributed by atoms with van der Waals surface area (Å²) in [6.07, 6.45) is 2.96. The monoisotopic (exact) mass is 240 g/mol. The van der Waals surface area contributed by atoms with E-state index in [0.29, 0.717) is 12.3 Å². The SMILES string of the molecule is CSCCC(CO)NCc1ccc(C#N)o1. The van der Waals surface area contributed by atoms with Crippen molar-refractivity contribution in [2.75, 3.05) is 18.6 Å². The Bertz CT molecular complexity index is 346. The molecule has 88 valence electrons. The highest BCUT2D eigenvalue weighted by Gasteiger charge is 2.07. The summed E-state index contributed by atoms with van der Waals surface area (Å²) in [7, 11) is 0. The van der Waals surface area contributed by atoms with Crippen LogP contribution in [0.15, 0.2) is 16.5 Å². The third kappa shape index (κ3) is 4.27. The third-order valence-corrected chi connectivity index (χ3v) is 2.87. The summed E-state index contributed by atoms with van der Waals surface area (Å²) in [6.45, 7) is 0.660. The molecule has 16 heavy (non-hydrogen) atoms. The lowest BCUT2D eigenvalue weighted by atomic mass is 10.2. The topological polar surface area (TPSA) is 69.2 Å². The van der Waals surface area contributed by atoms with Crippen molar-refractivity contribution in [3.05, 3.63) is 23.7 Å². The van der Waals surface area contributed by atoms with Crippen LogP contribution in [0.5, 0.6) is 0 Å². The zero-order valence-electron chi connectivity index (χ0n) is 9.27. The molecule has 0 saturated heterocycles. The molecule has 0 fully saturated rings. The highest BCUT2D eigenvalue weighted by Crippen LogP contribution is 2.07. The van der Waals surface area contributed by atoms with Crippen molar-refractivity contribution in [1.29, 1.82) is 5.26 Å². The maximum absolute atomic E-state index is 9.13. The number of furan rings is 1. The Kier molecular flexibility index (Phi) is 6.01. The predicted octanol–water partition coefficient (Wildman–Crippen LogP) is 1.35. The van der Waals surface area contributed by atoms with Crippen LogP contribution < -0.4 is 5.32 Å². The van der Waals surface area contributed by atoms with Crippen LogP contribution >= 0.6 is 11.8 Å². The van der Waals surface area contributed by atoms with Crippen LogP contribution in [0.4, 0.5) is 0 Å². The molecule has 0 spiro atoms. The second kappa shape index (κ2) is 7.34. The minimum atomic E-state index is 0.0862. The Morgan fingerprint density at radius 2 is 2.44 bits per heavy atom. The molecule has 0 amide bonds. The van der Waals surface area contributed by atoms with Crippen LogP contribution in [0.25, 0.3) is 0 Å². The van der Waals surface area contributed by atoms with Gasteiger partial charge in [-0.25, -0.2) is 0 Å². The molecule has 0 aromatic carbocycles. The Hall–Kier alpha value is -0.960. The minimum Gasteiger partial charge on any atom is -0.449 e. The largest absolute Gasteiger partial charge is 0.449 e. The van der Waals surface area contributed by atoms with Crippen molar-refractivity contribution in [1.82, 2.24) is 5.32 Å². The summed E-state index contributed by atoms with van der Waals surface area (Å²) in [5.74, 6) is 2.06. The Balaban J connectivity index is 2.34. The number of nitrogens with zero attached hydrogens (tertiary/aromatic N) is 1. The Morgan fingerprint density at radius 1 is 1.62 bits per heavy atom. The van der Waals surface area contributed by atoms with Crippen LogP contribution in [0.3, 0.4) is 0 Å². The molecule has 1 aromatic heterocycles. The first-order valence-corrected chi connectivity index (χ1v) is 6.51. The van der Waals surface area contributed by atoms with Gasteiger partial charge in [0.15, 0.2) is 0 Å². The highest BCUT2D eigenvalue weighted by molar-refractivity contribution is 7.98. The fourth-order valence-corrected chi connectivity index (χ4v) is 1.82. The number of aliphatic hydroxyl groups is 1. The van der Waals surface area contributed by atoms with Gasteiger partial charge in [-0.15, -0.1) is 0 Å². The number of hydrogen-bond acceptors (Lipinski definition) is 5. The van der Waals surface area contributed by atoms with Crippen LogP contribution in [0, 0.1) is 11.3 Å². The minimum absolute atomic E-state index is 0.0862. The molecule has 1 rings (SSSR count).